The number of para-hydroxylation sites is 1. The molecule has 5 nitrogen and oxygen atoms in total. The van der Waals surface area contributed by atoms with Crippen molar-refractivity contribution in [2.75, 3.05) is 24.2 Å². The number of hydrogen-bond acceptors (Lipinski definition) is 4. The number of ether oxygens (including phenoxy) is 1. The van der Waals surface area contributed by atoms with Crippen LogP contribution in [0.5, 0.6) is 5.75 Å². The van der Waals surface area contributed by atoms with Crippen LogP contribution < -0.4 is 21.5 Å². The molecule has 104 valence electrons. The molecule has 0 aliphatic carbocycles. The highest BCUT2D eigenvalue weighted by molar-refractivity contribution is 5.99. The van der Waals surface area contributed by atoms with Crippen LogP contribution >= 0.6 is 0 Å². The monoisotopic (exact) mass is 271 g/mol. The molecular weight excluding hydrogens is 254 g/mol. The Bertz CT molecular complexity index is 585. The van der Waals surface area contributed by atoms with E-state index in [-0.39, 0.29) is 0 Å². The standard InChI is InChI=1S/C15H17N3O2/c16-11-6-7-13(15(17)19)14(10-11)18-8-9-20-12-4-2-1-3-5-12/h1-7,10,18H,8-9,16H2,(H2,17,19). The van der Waals surface area contributed by atoms with Crippen LogP contribution in [0.25, 0.3) is 0 Å². The van der Waals surface area contributed by atoms with Crippen molar-refractivity contribution < 1.29 is 9.53 Å². The van der Waals surface area contributed by atoms with Gasteiger partial charge in [-0.25, -0.2) is 0 Å². The van der Waals surface area contributed by atoms with Crippen LogP contribution in [0.2, 0.25) is 0 Å². The van der Waals surface area contributed by atoms with Crippen LogP contribution in [-0.4, -0.2) is 19.1 Å². The summed E-state index contributed by atoms with van der Waals surface area (Å²) < 4.78 is 5.55. The van der Waals surface area contributed by atoms with Gasteiger partial charge in [-0.05, 0) is 30.3 Å². The molecule has 1 amide bonds. The third-order valence-corrected chi connectivity index (χ3v) is 2.74. The lowest BCUT2D eigenvalue weighted by molar-refractivity contribution is 0.100. The SMILES string of the molecule is NC(=O)c1ccc(N)cc1NCCOc1ccccc1. The van der Waals surface area contributed by atoms with Crippen LogP contribution in [0.1, 0.15) is 10.4 Å². The Hall–Kier alpha value is -2.69. The Morgan fingerprint density at radius 1 is 1.15 bits per heavy atom. The summed E-state index contributed by atoms with van der Waals surface area (Å²) in [6.07, 6.45) is 0. The fourth-order valence-corrected chi connectivity index (χ4v) is 1.79. The number of hydrogen-bond donors (Lipinski definition) is 3. The predicted octanol–water partition coefficient (Wildman–Crippen LogP) is 1.86. The minimum absolute atomic E-state index is 0.416. The summed E-state index contributed by atoms with van der Waals surface area (Å²) in [5.41, 5.74) is 12.6. The van der Waals surface area contributed by atoms with Crippen LogP contribution in [0.15, 0.2) is 48.5 Å². The van der Waals surface area contributed by atoms with E-state index in [2.05, 4.69) is 5.32 Å². The number of anilines is 2. The third-order valence-electron chi connectivity index (χ3n) is 2.74. The Balaban J connectivity index is 1.91. The molecule has 2 aromatic carbocycles. The van der Waals surface area contributed by atoms with Crippen molar-refractivity contribution in [1.29, 1.82) is 0 Å². The molecule has 2 rings (SSSR count). The summed E-state index contributed by atoms with van der Waals surface area (Å²) in [7, 11) is 0. The second-order valence-electron chi connectivity index (χ2n) is 4.26. The number of primary amides is 1. The van der Waals surface area contributed by atoms with Gasteiger partial charge in [-0.15, -0.1) is 0 Å². The molecular formula is C15H17N3O2. The van der Waals surface area contributed by atoms with Gasteiger partial charge in [0.25, 0.3) is 5.91 Å². The third kappa shape index (κ3) is 3.65. The van der Waals surface area contributed by atoms with Crippen molar-refractivity contribution in [3.8, 4) is 5.75 Å². The minimum atomic E-state index is -0.489. The lowest BCUT2D eigenvalue weighted by atomic mass is 10.1. The average Bonchev–Trinajstić information content (AvgIpc) is 2.44. The second kappa shape index (κ2) is 6.47. The molecule has 0 atom stereocenters. The molecule has 0 unspecified atom stereocenters. The molecule has 0 saturated heterocycles. The number of carbonyl (C=O) groups is 1. The van der Waals surface area contributed by atoms with Crippen molar-refractivity contribution in [2.45, 2.75) is 0 Å². The van der Waals surface area contributed by atoms with Crippen LogP contribution in [-0.2, 0) is 0 Å². The van der Waals surface area contributed by atoms with Crippen LogP contribution in [0.3, 0.4) is 0 Å². The molecule has 0 saturated carbocycles. The number of rotatable bonds is 6. The van der Waals surface area contributed by atoms with E-state index in [0.717, 1.165) is 5.75 Å². The molecule has 20 heavy (non-hydrogen) atoms. The second-order valence-corrected chi connectivity index (χ2v) is 4.26. The van der Waals surface area contributed by atoms with Gasteiger partial charge in [0.15, 0.2) is 0 Å². The topological polar surface area (TPSA) is 90.4 Å². The Morgan fingerprint density at radius 2 is 1.90 bits per heavy atom. The Labute approximate surface area is 117 Å². The van der Waals surface area contributed by atoms with Gasteiger partial charge < -0.3 is 21.5 Å². The summed E-state index contributed by atoms with van der Waals surface area (Å²) in [4.78, 5) is 11.3. The van der Waals surface area contributed by atoms with Gasteiger partial charge in [0.05, 0.1) is 5.56 Å². The van der Waals surface area contributed by atoms with Crippen LogP contribution in [0, 0.1) is 0 Å². The molecule has 0 heterocycles. The zero-order valence-electron chi connectivity index (χ0n) is 11.0. The number of nitrogens with one attached hydrogen (secondary N) is 1. The van der Waals surface area contributed by atoms with E-state index in [9.17, 15) is 4.79 Å². The summed E-state index contributed by atoms with van der Waals surface area (Å²) >= 11 is 0. The number of carbonyl (C=O) groups excluding carboxylic acids is 1. The average molecular weight is 271 g/mol. The van der Waals surface area contributed by atoms with E-state index in [4.69, 9.17) is 16.2 Å². The molecule has 2 aromatic rings. The van der Waals surface area contributed by atoms with Crippen molar-refractivity contribution in [3.05, 3.63) is 54.1 Å². The number of amides is 1. The lowest BCUT2D eigenvalue weighted by Crippen LogP contribution is -2.17. The molecule has 0 radical (unpaired) electrons. The van der Waals surface area contributed by atoms with E-state index in [1.807, 2.05) is 30.3 Å². The predicted molar refractivity (Wildman–Crippen MR) is 79.8 cm³/mol. The zero-order valence-corrected chi connectivity index (χ0v) is 11.0. The quantitative estimate of drug-likeness (QED) is 0.552. The zero-order chi connectivity index (χ0) is 14.4. The maximum absolute atomic E-state index is 11.3. The van der Waals surface area contributed by atoms with E-state index < -0.39 is 5.91 Å². The first-order chi connectivity index (χ1) is 9.66. The van der Waals surface area contributed by atoms with Gasteiger partial charge in [-0.1, -0.05) is 18.2 Å². The fraction of sp³-hybridized carbons (Fsp3) is 0.133. The molecule has 0 spiro atoms. The Morgan fingerprint density at radius 3 is 2.60 bits per heavy atom. The summed E-state index contributed by atoms with van der Waals surface area (Å²) in [6, 6.07) is 14.5. The first-order valence-electron chi connectivity index (χ1n) is 6.28. The molecule has 5 heteroatoms. The summed E-state index contributed by atoms with van der Waals surface area (Å²) in [5, 5.41) is 3.10. The molecule has 0 aliphatic rings. The number of nitrogen functional groups attached to an aromatic ring is 1. The lowest BCUT2D eigenvalue weighted by Gasteiger charge is -2.11. The van der Waals surface area contributed by atoms with E-state index in [1.54, 1.807) is 18.2 Å². The van der Waals surface area contributed by atoms with Gasteiger partial charge in [0.2, 0.25) is 0 Å². The molecule has 0 bridgehead atoms. The van der Waals surface area contributed by atoms with Crippen LogP contribution in [0.4, 0.5) is 11.4 Å². The summed E-state index contributed by atoms with van der Waals surface area (Å²) in [6.45, 7) is 1.01. The Kier molecular flexibility index (Phi) is 4.44. The van der Waals surface area contributed by atoms with Crippen molar-refractivity contribution >= 4 is 17.3 Å². The maximum Gasteiger partial charge on any atom is 0.250 e. The van der Waals surface area contributed by atoms with Gasteiger partial charge in [-0.2, -0.15) is 0 Å². The molecule has 0 aromatic heterocycles. The number of benzene rings is 2. The van der Waals surface area contributed by atoms with E-state index >= 15 is 0 Å². The maximum atomic E-state index is 11.3. The highest BCUT2D eigenvalue weighted by atomic mass is 16.5. The van der Waals surface area contributed by atoms with Gasteiger partial charge in [0.1, 0.15) is 12.4 Å². The highest BCUT2D eigenvalue weighted by Gasteiger charge is 2.07. The van der Waals surface area contributed by atoms with Crippen molar-refractivity contribution in [1.82, 2.24) is 0 Å². The van der Waals surface area contributed by atoms with Gasteiger partial charge >= 0.3 is 0 Å². The van der Waals surface area contributed by atoms with Gasteiger partial charge in [0, 0.05) is 17.9 Å². The first-order valence-corrected chi connectivity index (χ1v) is 6.28. The largest absolute Gasteiger partial charge is 0.492 e. The fourth-order valence-electron chi connectivity index (χ4n) is 1.79. The highest BCUT2D eigenvalue weighted by Crippen LogP contribution is 2.18. The van der Waals surface area contributed by atoms with Crippen molar-refractivity contribution in [2.24, 2.45) is 5.73 Å². The van der Waals surface area contributed by atoms with E-state index in [1.165, 1.54) is 0 Å². The summed E-state index contributed by atoms with van der Waals surface area (Å²) in [5.74, 6) is 0.313. The number of nitrogens with two attached hydrogens (primary N) is 2. The molecule has 0 aliphatic heterocycles. The normalized spacial score (nSPS) is 10.0. The van der Waals surface area contributed by atoms with E-state index in [0.29, 0.717) is 30.1 Å². The van der Waals surface area contributed by atoms with Gasteiger partial charge in [-0.3, -0.25) is 4.79 Å². The smallest absolute Gasteiger partial charge is 0.250 e. The van der Waals surface area contributed by atoms with Crippen molar-refractivity contribution in [3.63, 3.8) is 0 Å². The minimum Gasteiger partial charge on any atom is -0.492 e. The molecule has 5 N–H and O–H groups in total. The first kappa shape index (κ1) is 13.7. The molecule has 0 fully saturated rings.